The summed E-state index contributed by atoms with van der Waals surface area (Å²) < 4.78 is 53.5. The lowest BCUT2D eigenvalue weighted by Gasteiger charge is -2.09. The van der Waals surface area contributed by atoms with E-state index in [9.17, 15) is 22.0 Å². The third-order valence-electron chi connectivity index (χ3n) is 4.12. The van der Waals surface area contributed by atoms with Crippen molar-refractivity contribution < 1.29 is 22.0 Å². The summed E-state index contributed by atoms with van der Waals surface area (Å²) in [5.41, 5.74) is 2.41. The number of hydrogen-bond donors (Lipinski definition) is 2. The Hall–Kier alpha value is -3.24. The number of hydrogen-bond acceptors (Lipinski definition) is 5. The Bertz CT molecular complexity index is 1120. The minimum atomic E-state index is -4.41. The van der Waals surface area contributed by atoms with Crippen molar-refractivity contribution in [3.8, 4) is 11.3 Å². The van der Waals surface area contributed by atoms with Crippen LogP contribution in [-0.4, -0.2) is 30.8 Å². The third kappa shape index (κ3) is 5.43. The largest absolute Gasteiger partial charge is 0.352 e. The van der Waals surface area contributed by atoms with Gasteiger partial charge in [-0.15, -0.1) is 0 Å². The molecule has 0 spiro atoms. The Morgan fingerprint density at radius 1 is 1.00 bits per heavy atom. The summed E-state index contributed by atoms with van der Waals surface area (Å²) >= 11 is 0. The van der Waals surface area contributed by atoms with E-state index in [-0.39, 0.29) is 19.5 Å². The average Bonchev–Trinajstić information content (AvgIpc) is 2.73. The monoisotopic (exact) mass is 432 g/mol. The van der Waals surface area contributed by atoms with Gasteiger partial charge < -0.3 is 5.32 Å². The summed E-state index contributed by atoms with van der Waals surface area (Å²) in [5, 5.41) is 2.66. The molecule has 2 N–H and O–H groups in total. The highest BCUT2D eigenvalue weighted by Crippen LogP contribution is 2.18. The Kier molecular flexibility index (Phi) is 6.80. The molecule has 0 fully saturated rings. The molecule has 156 valence electrons. The number of carbonyl (C=O) groups excluding carboxylic acids is 1. The van der Waals surface area contributed by atoms with Gasteiger partial charge in [0, 0.05) is 43.7 Å². The van der Waals surface area contributed by atoms with Crippen molar-refractivity contribution in [3.05, 3.63) is 78.3 Å². The van der Waals surface area contributed by atoms with Crippen molar-refractivity contribution in [2.24, 2.45) is 0 Å². The second kappa shape index (κ2) is 9.51. The van der Waals surface area contributed by atoms with Crippen LogP contribution in [0.5, 0.6) is 0 Å². The molecule has 10 heteroatoms. The van der Waals surface area contributed by atoms with E-state index in [1.165, 1.54) is 0 Å². The number of nitrogens with zero attached hydrogens (tertiary/aromatic N) is 2. The van der Waals surface area contributed by atoms with Gasteiger partial charge in [0.05, 0.1) is 5.69 Å². The Balaban J connectivity index is 1.52. The van der Waals surface area contributed by atoms with E-state index in [2.05, 4.69) is 15.3 Å². The Labute approximate surface area is 172 Å². The topological polar surface area (TPSA) is 101 Å². The fourth-order valence-electron chi connectivity index (χ4n) is 2.66. The molecular weight excluding hydrogens is 414 g/mol. The molecular formula is C20H18F2N4O3S. The van der Waals surface area contributed by atoms with Gasteiger partial charge in [-0.1, -0.05) is 6.07 Å². The number of benzene rings is 1. The minimum Gasteiger partial charge on any atom is -0.352 e. The highest BCUT2D eigenvalue weighted by atomic mass is 32.2. The maximum Gasteiger partial charge on any atom is 0.246 e. The fourth-order valence-corrected chi connectivity index (χ4v) is 3.83. The summed E-state index contributed by atoms with van der Waals surface area (Å²) in [5.74, 6) is -2.82. The second-order valence-corrected chi connectivity index (χ2v) is 7.96. The van der Waals surface area contributed by atoms with Crippen LogP contribution in [0.15, 0.2) is 66.0 Å². The average molecular weight is 432 g/mol. The molecule has 0 aliphatic rings. The smallest absolute Gasteiger partial charge is 0.246 e. The molecule has 3 aromatic rings. The van der Waals surface area contributed by atoms with Gasteiger partial charge in [-0.05, 0) is 42.0 Å². The van der Waals surface area contributed by atoms with Crippen LogP contribution in [0.1, 0.15) is 12.0 Å². The third-order valence-corrected chi connectivity index (χ3v) is 5.63. The predicted molar refractivity (Wildman–Crippen MR) is 105 cm³/mol. The number of rotatable bonds is 8. The summed E-state index contributed by atoms with van der Waals surface area (Å²) in [6, 6.07) is 9.95. The number of carbonyl (C=O) groups is 1. The zero-order valence-corrected chi connectivity index (χ0v) is 16.5. The standard InChI is InChI=1S/C20H18F2N4O3S/c21-16-2-1-3-17(22)20(16)30(28,29)26-11-7-19(27)25-13-14-4-10-24-18(12-14)15-5-8-23-9-6-15/h1-6,8-10,12,26H,7,11,13H2,(H,25,27). The number of nitrogens with one attached hydrogen (secondary N) is 2. The van der Waals surface area contributed by atoms with Crippen molar-refractivity contribution in [2.45, 2.75) is 17.9 Å². The molecule has 0 aliphatic carbocycles. The van der Waals surface area contributed by atoms with Crippen molar-refractivity contribution in [1.82, 2.24) is 20.0 Å². The molecule has 0 radical (unpaired) electrons. The van der Waals surface area contributed by atoms with Gasteiger partial charge in [0.25, 0.3) is 0 Å². The Morgan fingerprint density at radius 3 is 2.40 bits per heavy atom. The molecule has 0 saturated carbocycles. The highest BCUT2D eigenvalue weighted by Gasteiger charge is 2.23. The molecule has 0 bridgehead atoms. The first-order chi connectivity index (χ1) is 14.4. The van der Waals surface area contributed by atoms with Crippen LogP contribution in [0.2, 0.25) is 0 Å². The summed E-state index contributed by atoms with van der Waals surface area (Å²) in [6.45, 7) is -0.0886. The summed E-state index contributed by atoms with van der Waals surface area (Å²) in [6.07, 6.45) is 4.73. The zero-order chi connectivity index (χ0) is 21.6. The molecule has 3 rings (SSSR count). The lowest BCUT2D eigenvalue weighted by Crippen LogP contribution is -2.31. The number of sulfonamides is 1. The van der Waals surface area contributed by atoms with E-state index < -0.39 is 32.5 Å². The maximum absolute atomic E-state index is 13.6. The van der Waals surface area contributed by atoms with E-state index in [4.69, 9.17) is 0 Å². The fraction of sp³-hybridized carbons (Fsp3) is 0.150. The predicted octanol–water partition coefficient (Wildman–Crippen LogP) is 2.41. The lowest BCUT2D eigenvalue weighted by molar-refractivity contribution is -0.121. The van der Waals surface area contributed by atoms with Crippen LogP contribution < -0.4 is 10.0 Å². The molecule has 7 nitrogen and oxygen atoms in total. The van der Waals surface area contributed by atoms with Crippen LogP contribution in [-0.2, 0) is 21.4 Å². The van der Waals surface area contributed by atoms with Crippen LogP contribution in [0, 0.1) is 11.6 Å². The number of amides is 1. The van der Waals surface area contributed by atoms with Crippen LogP contribution >= 0.6 is 0 Å². The zero-order valence-electron chi connectivity index (χ0n) is 15.7. The van der Waals surface area contributed by atoms with E-state index in [1.807, 2.05) is 22.9 Å². The van der Waals surface area contributed by atoms with Gasteiger partial charge in [-0.2, -0.15) is 0 Å². The van der Waals surface area contributed by atoms with Crippen LogP contribution in [0.4, 0.5) is 8.78 Å². The van der Waals surface area contributed by atoms with Crippen molar-refractivity contribution >= 4 is 15.9 Å². The molecule has 0 atom stereocenters. The number of pyridine rings is 2. The van der Waals surface area contributed by atoms with Crippen molar-refractivity contribution in [3.63, 3.8) is 0 Å². The summed E-state index contributed by atoms with van der Waals surface area (Å²) in [4.78, 5) is 19.2. The first kappa shape index (κ1) is 21.5. The van der Waals surface area contributed by atoms with Gasteiger partial charge in [0.1, 0.15) is 11.6 Å². The summed E-state index contributed by atoms with van der Waals surface area (Å²) in [7, 11) is -4.41. The van der Waals surface area contributed by atoms with Gasteiger partial charge in [0.2, 0.25) is 15.9 Å². The van der Waals surface area contributed by atoms with Gasteiger partial charge in [-0.3, -0.25) is 14.8 Å². The first-order valence-electron chi connectivity index (χ1n) is 8.92. The van der Waals surface area contributed by atoms with Gasteiger partial charge in [-0.25, -0.2) is 21.9 Å². The normalized spacial score (nSPS) is 11.3. The molecule has 0 saturated heterocycles. The van der Waals surface area contributed by atoms with E-state index in [0.29, 0.717) is 0 Å². The molecule has 1 aromatic carbocycles. The van der Waals surface area contributed by atoms with Crippen LogP contribution in [0.25, 0.3) is 11.3 Å². The minimum absolute atomic E-state index is 0.197. The van der Waals surface area contributed by atoms with E-state index in [1.54, 1.807) is 24.7 Å². The maximum atomic E-state index is 13.6. The quantitative estimate of drug-likeness (QED) is 0.569. The Morgan fingerprint density at radius 2 is 1.70 bits per heavy atom. The SMILES string of the molecule is O=C(CCNS(=O)(=O)c1c(F)cccc1F)NCc1ccnc(-c2ccncc2)c1. The number of aromatic nitrogens is 2. The second-order valence-electron chi connectivity index (χ2n) is 6.26. The van der Waals surface area contributed by atoms with Crippen molar-refractivity contribution in [1.29, 1.82) is 0 Å². The molecule has 2 aromatic heterocycles. The lowest BCUT2D eigenvalue weighted by atomic mass is 10.1. The number of halogens is 2. The molecule has 0 aliphatic heterocycles. The van der Waals surface area contributed by atoms with E-state index in [0.717, 1.165) is 35.0 Å². The molecule has 0 unspecified atom stereocenters. The first-order valence-corrected chi connectivity index (χ1v) is 10.4. The van der Waals surface area contributed by atoms with Crippen molar-refractivity contribution in [2.75, 3.05) is 6.54 Å². The highest BCUT2D eigenvalue weighted by molar-refractivity contribution is 7.89. The van der Waals surface area contributed by atoms with E-state index >= 15 is 0 Å². The van der Waals surface area contributed by atoms with Gasteiger partial charge in [0.15, 0.2) is 4.90 Å². The van der Waals surface area contributed by atoms with Gasteiger partial charge >= 0.3 is 0 Å². The molecule has 2 heterocycles. The van der Waals surface area contributed by atoms with Crippen LogP contribution in [0.3, 0.4) is 0 Å². The molecule has 30 heavy (non-hydrogen) atoms. The molecule has 1 amide bonds.